The first-order valence-corrected chi connectivity index (χ1v) is 18.2. The molecule has 0 saturated carbocycles. The maximum atomic E-state index is 14.0. The average Bonchev–Trinajstić information content (AvgIpc) is 3.60. The van der Waals surface area contributed by atoms with E-state index < -0.39 is 16.1 Å². The van der Waals surface area contributed by atoms with Gasteiger partial charge in [-0.1, -0.05) is 53.5 Å². The van der Waals surface area contributed by atoms with Crippen LogP contribution in [0, 0.1) is 6.92 Å². The van der Waals surface area contributed by atoms with Crippen LogP contribution in [0.2, 0.25) is 10.0 Å². The minimum absolute atomic E-state index is 0.0536. The Hall–Kier alpha value is -4.23. The molecule has 2 saturated heterocycles. The lowest BCUT2D eigenvalue weighted by molar-refractivity contribution is -0.125. The van der Waals surface area contributed by atoms with Crippen LogP contribution < -0.4 is 15.9 Å². The van der Waals surface area contributed by atoms with Crippen LogP contribution in [0.5, 0.6) is 5.75 Å². The van der Waals surface area contributed by atoms with Crippen molar-refractivity contribution in [2.45, 2.75) is 56.2 Å². The number of nitrogens with one attached hydrogen (secondary N) is 1. The van der Waals surface area contributed by atoms with Gasteiger partial charge in [-0.25, -0.2) is 13.4 Å². The van der Waals surface area contributed by atoms with Gasteiger partial charge in [-0.2, -0.15) is 9.41 Å². The number of carbonyl (C=O) groups excluding carboxylic acids is 2. The third kappa shape index (κ3) is 7.37. The zero-order chi connectivity index (χ0) is 34.7. The molecule has 11 nitrogen and oxygen atoms in total. The van der Waals surface area contributed by atoms with Gasteiger partial charge in [0.15, 0.2) is 0 Å². The number of rotatable bonds is 9. The molecule has 0 bridgehead atoms. The van der Waals surface area contributed by atoms with Gasteiger partial charge >= 0.3 is 0 Å². The van der Waals surface area contributed by atoms with Crippen molar-refractivity contribution in [1.29, 1.82) is 0 Å². The summed E-state index contributed by atoms with van der Waals surface area (Å²) in [5, 5.41) is 7.63. The number of amides is 2. The average molecular weight is 724 g/mol. The number of ether oxygens (including phenoxy) is 1. The summed E-state index contributed by atoms with van der Waals surface area (Å²) in [7, 11) is -4.18. The first kappa shape index (κ1) is 34.6. The maximum Gasteiger partial charge on any atom is 0.253 e. The van der Waals surface area contributed by atoms with E-state index >= 15 is 0 Å². The zero-order valence-corrected chi connectivity index (χ0v) is 29.1. The van der Waals surface area contributed by atoms with Gasteiger partial charge in [0.1, 0.15) is 28.8 Å². The highest BCUT2D eigenvalue weighted by Crippen LogP contribution is 2.36. The van der Waals surface area contributed by atoms with E-state index in [9.17, 15) is 18.0 Å². The number of hydrazone groups is 1. The highest BCUT2D eigenvalue weighted by Gasteiger charge is 2.41. The van der Waals surface area contributed by atoms with Crippen molar-refractivity contribution in [1.82, 2.24) is 19.5 Å². The van der Waals surface area contributed by atoms with Crippen LogP contribution in [0.15, 0.2) is 76.7 Å². The van der Waals surface area contributed by atoms with Gasteiger partial charge in [0, 0.05) is 52.9 Å². The molecule has 3 aromatic carbocycles. The number of hydrogen-bond acceptors (Lipinski definition) is 8. The fourth-order valence-corrected chi connectivity index (χ4v) is 8.83. The van der Waals surface area contributed by atoms with Crippen LogP contribution in [-0.4, -0.2) is 72.4 Å². The Morgan fingerprint density at radius 2 is 1.78 bits per heavy atom. The second-order valence-electron chi connectivity index (χ2n) is 12.2. The minimum atomic E-state index is -4.18. The van der Waals surface area contributed by atoms with E-state index in [0.717, 1.165) is 16.6 Å². The molecule has 0 spiro atoms. The number of aromatic nitrogens is 1. The third-order valence-electron chi connectivity index (χ3n) is 8.95. The van der Waals surface area contributed by atoms with Crippen LogP contribution in [0.25, 0.3) is 10.9 Å². The molecule has 2 amide bonds. The predicted molar refractivity (Wildman–Crippen MR) is 189 cm³/mol. The molecule has 2 fully saturated rings. The first-order valence-electron chi connectivity index (χ1n) is 16.0. The van der Waals surface area contributed by atoms with Gasteiger partial charge in [-0.15, -0.1) is 0 Å². The summed E-state index contributed by atoms with van der Waals surface area (Å²) in [4.78, 5) is 32.7. The van der Waals surface area contributed by atoms with Crippen molar-refractivity contribution < 1.29 is 22.7 Å². The number of aryl methyl sites for hydroxylation is 1. The van der Waals surface area contributed by atoms with Crippen LogP contribution in [0.3, 0.4) is 0 Å². The van der Waals surface area contributed by atoms with Crippen molar-refractivity contribution in [3.05, 3.63) is 99.2 Å². The van der Waals surface area contributed by atoms with Gasteiger partial charge < -0.3 is 20.8 Å². The molecule has 1 atom stereocenters. The fraction of sp³-hybridized carbons (Fsp3) is 0.314. The standard InChI is InChI=1S/C35H36Cl2N6O5S/c1-22-7-10-24-4-2-6-30(33(24)40-22)48-21-27-28(36)13-14-31(32(27)37)49(46,47)43-17-3-5-29(43)34(44)41-26-15-18-42(19-16-26)35(45)25-11-8-23(9-12-25)20-39-38/h2,4,6-14,20,26,29H,3,5,15-19,21,38H2,1H3,(H,41,44)/t29-/m0/s1. The van der Waals surface area contributed by atoms with Crippen molar-refractivity contribution in [2.75, 3.05) is 19.6 Å². The van der Waals surface area contributed by atoms with Crippen LogP contribution in [0.4, 0.5) is 0 Å². The Kier molecular flexibility index (Phi) is 10.4. The summed E-state index contributed by atoms with van der Waals surface area (Å²) < 4.78 is 35.4. The molecule has 0 radical (unpaired) electrons. The van der Waals surface area contributed by atoms with Gasteiger partial charge in [0.25, 0.3) is 5.91 Å². The lowest BCUT2D eigenvalue weighted by Crippen LogP contribution is -2.52. The molecule has 3 heterocycles. The number of para-hydroxylation sites is 1. The Balaban J connectivity index is 1.11. The number of hydrogen-bond donors (Lipinski definition) is 2. The van der Waals surface area contributed by atoms with E-state index in [1.807, 2.05) is 31.2 Å². The topological polar surface area (TPSA) is 147 Å². The first-order chi connectivity index (χ1) is 23.6. The molecular weight excluding hydrogens is 687 g/mol. The number of fused-ring (bicyclic) bond motifs is 1. The molecule has 4 aromatic rings. The number of benzene rings is 3. The number of pyridine rings is 1. The van der Waals surface area contributed by atoms with Crippen molar-refractivity contribution in [3.63, 3.8) is 0 Å². The number of nitrogens with two attached hydrogens (primary N) is 1. The largest absolute Gasteiger partial charge is 0.487 e. The van der Waals surface area contributed by atoms with Crippen molar-refractivity contribution in [2.24, 2.45) is 10.9 Å². The molecule has 1 aromatic heterocycles. The van der Waals surface area contributed by atoms with E-state index in [0.29, 0.717) is 61.2 Å². The summed E-state index contributed by atoms with van der Waals surface area (Å²) in [6.45, 7) is 2.90. The molecule has 2 aliphatic rings. The lowest BCUT2D eigenvalue weighted by Gasteiger charge is -2.33. The van der Waals surface area contributed by atoms with Gasteiger partial charge in [0.05, 0.1) is 11.2 Å². The summed E-state index contributed by atoms with van der Waals surface area (Å²) in [6.07, 6.45) is 3.50. The monoisotopic (exact) mass is 722 g/mol. The minimum Gasteiger partial charge on any atom is -0.487 e. The van der Waals surface area contributed by atoms with Gasteiger partial charge in [-0.3, -0.25) is 9.59 Å². The van der Waals surface area contributed by atoms with Crippen LogP contribution >= 0.6 is 23.2 Å². The van der Waals surface area contributed by atoms with E-state index in [-0.39, 0.29) is 45.9 Å². The molecule has 49 heavy (non-hydrogen) atoms. The smallest absolute Gasteiger partial charge is 0.253 e. The van der Waals surface area contributed by atoms with Gasteiger partial charge in [-0.05, 0) is 74.6 Å². The summed E-state index contributed by atoms with van der Waals surface area (Å²) in [6, 6.07) is 18.2. The Labute approximate surface area is 295 Å². The number of sulfonamides is 1. The number of likely N-dealkylation sites (tertiary alicyclic amines) is 1. The highest BCUT2D eigenvalue weighted by atomic mass is 35.5. The second-order valence-corrected chi connectivity index (χ2v) is 14.8. The van der Waals surface area contributed by atoms with Crippen molar-refractivity contribution in [3.8, 4) is 5.75 Å². The third-order valence-corrected chi connectivity index (χ3v) is 11.8. The molecule has 0 aliphatic carbocycles. The number of nitrogens with zero attached hydrogens (tertiary/aromatic N) is 4. The molecule has 2 aliphatic heterocycles. The van der Waals surface area contributed by atoms with E-state index in [4.69, 9.17) is 33.8 Å². The highest BCUT2D eigenvalue weighted by molar-refractivity contribution is 7.89. The Bertz CT molecular complexity index is 2020. The van der Waals surface area contributed by atoms with Crippen LogP contribution in [-0.2, 0) is 21.4 Å². The Morgan fingerprint density at radius 1 is 1.02 bits per heavy atom. The van der Waals surface area contributed by atoms with Crippen LogP contribution in [0.1, 0.15) is 52.9 Å². The number of piperidine rings is 1. The number of halogens is 2. The SMILES string of the molecule is Cc1ccc2cccc(OCc3c(Cl)ccc(S(=O)(=O)N4CCC[C@H]4C(=O)NC4CCN(C(=O)c5ccc(C=NN)cc5)CC4)c3Cl)c2n1. The number of carbonyl (C=O) groups is 2. The molecule has 3 N–H and O–H groups in total. The van der Waals surface area contributed by atoms with E-state index in [1.165, 1.54) is 22.7 Å². The molecule has 6 rings (SSSR count). The normalized spacial score (nSPS) is 17.5. The maximum absolute atomic E-state index is 14.0. The molecule has 14 heteroatoms. The zero-order valence-electron chi connectivity index (χ0n) is 26.8. The predicted octanol–water partition coefficient (Wildman–Crippen LogP) is 5.30. The lowest BCUT2D eigenvalue weighted by atomic mass is 10.0. The summed E-state index contributed by atoms with van der Waals surface area (Å²) in [5.74, 6) is 5.25. The quantitative estimate of drug-likeness (QED) is 0.135. The summed E-state index contributed by atoms with van der Waals surface area (Å²) in [5.41, 5.74) is 3.16. The molecule has 256 valence electrons. The van der Waals surface area contributed by atoms with E-state index in [1.54, 1.807) is 35.2 Å². The van der Waals surface area contributed by atoms with Gasteiger partial charge in [0.2, 0.25) is 15.9 Å². The van der Waals surface area contributed by atoms with Crippen molar-refractivity contribution >= 4 is 62.2 Å². The van der Waals surface area contributed by atoms with E-state index in [2.05, 4.69) is 15.4 Å². The Morgan fingerprint density at radius 3 is 2.51 bits per heavy atom. The second kappa shape index (κ2) is 14.7. The molecular formula is C35H36Cl2N6O5S. The molecule has 0 unspecified atom stereocenters. The summed E-state index contributed by atoms with van der Waals surface area (Å²) >= 11 is 13.3. The fourth-order valence-electron chi connectivity index (χ4n) is 6.31.